The molecule has 1 atom stereocenters. The van der Waals surface area contributed by atoms with Gasteiger partial charge in [-0.05, 0) is 0 Å². The summed E-state index contributed by atoms with van der Waals surface area (Å²) in [5, 5.41) is 0. The van der Waals surface area contributed by atoms with Crippen LogP contribution in [0, 0.1) is 0 Å². The summed E-state index contributed by atoms with van der Waals surface area (Å²) in [6.07, 6.45) is 2.52. The Bertz CT molecular complexity index is 576. The average Bonchev–Trinajstić information content (AvgIpc) is 2.49. The molecular formula is C12H21N5O3S. The lowest BCUT2D eigenvalue weighted by Gasteiger charge is -2.34. The number of hydrogen-bond donors (Lipinski definition) is 1. The summed E-state index contributed by atoms with van der Waals surface area (Å²) in [7, 11) is -3.48. The first-order valence-electron chi connectivity index (χ1n) is 6.93. The Morgan fingerprint density at radius 1 is 1.38 bits per heavy atom. The Kier molecular flexibility index (Phi) is 5.09. The molecule has 2 heterocycles. The summed E-state index contributed by atoms with van der Waals surface area (Å²) in [6.45, 7) is 5.35. The molecule has 0 amide bonds. The molecule has 0 aliphatic carbocycles. The summed E-state index contributed by atoms with van der Waals surface area (Å²) < 4.78 is 33.5. The maximum Gasteiger partial charge on any atom is 0.282 e. The fourth-order valence-electron chi connectivity index (χ4n) is 2.32. The van der Waals surface area contributed by atoms with E-state index in [1.807, 2.05) is 13.8 Å². The van der Waals surface area contributed by atoms with Crippen LogP contribution in [0.5, 0.6) is 0 Å². The standard InChI is InChI=1S/C12H21N5O3S/c1-3-16(4-2)21(18,19)17-7-8-20-10(9-17)11-12(13)15-6-5-14-11/h5-6,10H,3-4,7-9H2,1-2H3,(H2,13,15). The topological polar surface area (TPSA) is 102 Å². The third-order valence-electron chi connectivity index (χ3n) is 3.45. The molecule has 0 spiro atoms. The molecule has 1 aromatic rings. The van der Waals surface area contributed by atoms with Gasteiger partial charge < -0.3 is 10.5 Å². The summed E-state index contributed by atoms with van der Waals surface area (Å²) in [6, 6.07) is 0. The minimum atomic E-state index is -3.48. The molecule has 0 radical (unpaired) electrons. The van der Waals surface area contributed by atoms with Gasteiger partial charge in [0.1, 0.15) is 17.6 Å². The van der Waals surface area contributed by atoms with Crippen molar-refractivity contribution in [2.45, 2.75) is 20.0 Å². The maximum atomic E-state index is 12.5. The zero-order valence-electron chi connectivity index (χ0n) is 12.3. The lowest BCUT2D eigenvalue weighted by Crippen LogP contribution is -2.49. The highest BCUT2D eigenvalue weighted by molar-refractivity contribution is 7.86. The van der Waals surface area contributed by atoms with Crippen LogP contribution in [0.2, 0.25) is 0 Å². The maximum absolute atomic E-state index is 12.5. The number of anilines is 1. The van der Waals surface area contributed by atoms with Crippen LogP contribution in [-0.4, -0.2) is 59.8 Å². The molecule has 21 heavy (non-hydrogen) atoms. The van der Waals surface area contributed by atoms with Gasteiger partial charge in [0.05, 0.1) is 6.61 Å². The van der Waals surface area contributed by atoms with Crippen LogP contribution in [-0.2, 0) is 14.9 Å². The second-order valence-corrected chi connectivity index (χ2v) is 6.56. The molecule has 8 nitrogen and oxygen atoms in total. The Hall–Kier alpha value is -1.29. The highest BCUT2D eigenvalue weighted by Crippen LogP contribution is 2.25. The minimum absolute atomic E-state index is 0.196. The zero-order valence-corrected chi connectivity index (χ0v) is 13.1. The molecule has 0 saturated carbocycles. The highest BCUT2D eigenvalue weighted by atomic mass is 32.2. The fraction of sp³-hybridized carbons (Fsp3) is 0.667. The second kappa shape index (κ2) is 6.65. The van der Waals surface area contributed by atoms with Crippen molar-refractivity contribution >= 4 is 16.0 Å². The number of ether oxygens (including phenoxy) is 1. The van der Waals surface area contributed by atoms with Crippen LogP contribution in [0.25, 0.3) is 0 Å². The summed E-state index contributed by atoms with van der Waals surface area (Å²) >= 11 is 0. The van der Waals surface area contributed by atoms with E-state index < -0.39 is 16.3 Å². The number of nitrogens with two attached hydrogens (primary N) is 1. The predicted octanol–water partition coefficient (Wildman–Crippen LogP) is 0.0187. The zero-order chi connectivity index (χ0) is 15.5. The van der Waals surface area contributed by atoms with E-state index in [4.69, 9.17) is 10.5 Å². The fourth-order valence-corrected chi connectivity index (χ4v) is 3.93. The predicted molar refractivity (Wildman–Crippen MR) is 78.6 cm³/mol. The van der Waals surface area contributed by atoms with Gasteiger partial charge in [-0.3, -0.25) is 4.98 Å². The van der Waals surface area contributed by atoms with Gasteiger partial charge in [0, 0.05) is 38.6 Å². The van der Waals surface area contributed by atoms with E-state index in [0.29, 0.717) is 31.9 Å². The van der Waals surface area contributed by atoms with Crippen molar-refractivity contribution in [3.05, 3.63) is 18.1 Å². The molecule has 1 unspecified atom stereocenters. The molecule has 9 heteroatoms. The first-order chi connectivity index (χ1) is 10.0. The van der Waals surface area contributed by atoms with Crippen LogP contribution in [0.4, 0.5) is 5.82 Å². The van der Waals surface area contributed by atoms with E-state index in [9.17, 15) is 8.42 Å². The number of morpholine rings is 1. The van der Waals surface area contributed by atoms with Crippen molar-refractivity contribution in [2.24, 2.45) is 0 Å². The molecule has 2 N–H and O–H groups in total. The van der Waals surface area contributed by atoms with Gasteiger partial charge in [0.15, 0.2) is 0 Å². The van der Waals surface area contributed by atoms with E-state index in [1.54, 1.807) is 0 Å². The number of hydrogen-bond acceptors (Lipinski definition) is 6. The summed E-state index contributed by atoms with van der Waals surface area (Å²) in [5.74, 6) is 0.268. The van der Waals surface area contributed by atoms with Gasteiger partial charge in [-0.1, -0.05) is 13.8 Å². The third kappa shape index (κ3) is 3.31. The van der Waals surface area contributed by atoms with Crippen LogP contribution in [0.3, 0.4) is 0 Å². The second-order valence-electron chi connectivity index (χ2n) is 4.64. The largest absolute Gasteiger partial charge is 0.382 e. The molecule has 1 aliphatic rings. The van der Waals surface area contributed by atoms with Crippen molar-refractivity contribution in [1.29, 1.82) is 0 Å². The van der Waals surface area contributed by atoms with Crippen molar-refractivity contribution < 1.29 is 13.2 Å². The lowest BCUT2D eigenvalue weighted by molar-refractivity contribution is -0.00630. The van der Waals surface area contributed by atoms with Gasteiger partial charge in [-0.15, -0.1) is 0 Å². The van der Waals surface area contributed by atoms with Crippen LogP contribution >= 0.6 is 0 Å². The SMILES string of the molecule is CCN(CC)S(=O)(=O)N1CCOC(c2nccnc2N)C1. The Morgan fingerprint density at radius 2 is 2.05 bits per heavy atom. The first kappa shape index (κ1) is 16.1. The van der Waals surface area contributed by atoms with Crippen molar-refractivity contribution in [3.63, 3.8) is 0 Å². The Labute approximate surface area is 125 Å². The quantitative estimate of drug-likeness (QED) is 0.822. The number of nitrogens with zero attached hydrogens (tertiary/aromatic N) is 4. The van der Waals surface area contributed by atoms with Gasteiger partial charge >= 0.3 is 0 Å². The molecule has 2 rings (SSSR count). The van der Waals surface area contributed by atoms with Crippen molar-refractivity contribution in [2.75, 3.05) is 38.5 Å². The number of rotatable bonds is 5. The van der Waals surface area contributed by atoms with Gasteiger partial charge in [0.25, 0.3) is 10.2 Å². The van der Waals surface area contributed by atoms with E-state index in [0.717, 1.165) is 0 Å². The molecule has 1 saturated heterocycles. The summed E-state index contributed by atoms with van der Waals surface area (Å²) in [5.41, 5.74) is 6.27. The lowest BCUT2D eigenvalue weighted by atomic mass is 10.2. The molecule has 0 aromatic carbocycles. The Morgan fingerprint density at radius 3 is 2.67 bits per heavy atom. The normalized spacial score (nSPS) is 20.8. The summed E-state index contributed by atoms with van der Waals surface area (Å²) in [4.78, 5) is 8.12. The average molecular weight is 315 g/mol. The van der Waals surface area contributed by atoms with Gasteiger partial charge in [0.2, 0.25) is 0 Å². The van der Waals surface area contributed by atoms with E-state index in [1.165, 1.54) is 21.0 Å². The molecule has 1 fully saturated rings. The smallest absolute Gasteiger partial charge is 0.282 e. The molecular weight excluding hydrogens is 294 g/mol. The monoisotopic (exact) mass is 315 g/mol. The highest BCUT2D eigenvalue weighted by Gasteiger charge is 2.34. The van der Waals surface area contributed by atoms with Crippen molar-refractivity contribution in [1.82, 2.24) is 18.6 Å². The molecule has 0 bridgehead atoms. The van der Waals surface area contributed by atoms with Crippen molar-refractivity contribution in [3.8, 4) is 0 Å². The Balaban J connectivity index is 2.20. The van der Waals surface area contributed by atoms with Gasteiger partial charge in [-0.25, -0.2) is 4.98 Å². The molecule has 1 aromatic heterocycles. The van der Waals surface area contributed by atoms with Crippen LogP contribution in [0.15, 0.2) is 12.4 Å². The molecule has 118 valence electrons. The molecule has 1 aliphatic heterocycles. The minimum Gasteiger partial charge on any atom is -0.382 e. The van der Waals surface area contributed by atoms with Gasteiger partial charge in [-0.2, -0.15) is 17.0 Å². The van der Waals surface area contributed by atoms with E-state index in [2.05, 4.69) is 9.97 Å². The van der Waals surface area contributed by atoms with E-state index >= 15 is 0 Å². The van der Waals surface area contributed by atoms with Crippen LogP contribution in [0.1, 0.15) is 25.6 Å². The number of aromatic nitrogens is 2. The number of nitrogen functional groups attached to an aromatic ring is 1. The first-order valence-corrected chi connectivity index (χ1v) is 8.33. The van der Waals surface area contributed by atoms with Crippen LogP contribution < -0.4 is 5.73 Å². The van der Waals surface area contributed by atoms with E-state index in [-0.39, 0.29) is 12.4 Å². The third-order valence-corrected chi connectivity index (χ3v) is 5.60.